The molecule has 0 saturated heterocycles. The average molecular weight is 441 g/mol. The highest BCUT2D eigenvalue weighted by molar-refractivity contribution is 6.48. The van der Waals surface area contributed by atoms with Crippen LogP contribution in [-0.2, 0) is 16.4 Å². The summed E-state index contributed by atoms with van der Waals surface area (Å²) in [5, 5.41) is 20.6. The summed E-state index contributed by atoms with van der Waals surface area (Å²) >= 11 is 0. The molecule has 2 aromatic rings. The Labute approximate surface area is 185 Å². The van der Waals surface area contributed by atoms with Crippen LogP contribution in [0.4, 0.5) is 0 Å². The molecule has 2 heterocycles. The van der Waals surface area contributed by atoms with E-state index in [-0.39, 0.29) is 17.6 Å². The molecule has 0 aliphatic carbocycles. The van der Waals surface area contributed by atoms with Gasteiger partial charge in [-0.3, -0.25) is 4.79 Å². The minimum absolute atomic E-state index is 0.183. The molecular weight excluding hydrogens is 408 g/mol. The van der Waals surface area contributed by atoms with E-state index in [1.54, 1.807) is 42.8 Å². The van der Waals surface area contributed by atoms with Crippen LogP contribution in [0.1, 0.15) is 62.9 Å². The Bertz CT molecular complexity index is 1080. The number of benzene rings is 1. The lowest BCUT2D eigenvalue weighted by Gasteiger charge is -2.43. The van der Waals surface area contributed by atoms with Crippen LogP contribution in [0.5, 0.6) is 5.75 Å². The van der Waals surface area contributed by atoms with Crippen LogP contribution in [0.15, 0.2) is 35.3 Å². The topological polar surface area (TPSA) is 84.5 Å². The average Bonchev–Trinajstić information content (AvgIpc) is 2.67. The molecule has 0 spiro atoms. The summed E-state index contributed by atoms with van der Waals surface area (Å²) in [6.07, 6.45) is 0.762. The fourth-order valence-electron chi connectivity index (χ4n) is 4.04. The maximum absolute atomic E-state index is 13.8. The molecule has 3 rings (SSSR count). The normalized spacial score (nSPS) is 20.1. The van der Waals surface area contributed by atoms with Gasteiger partial charge in [-0.25, -0.2) is 0 Å². The van der Waals surface area contributed by atoms with Gasteiger partial charge in [-0.2, -0.15) is 5.26 Å². The van der Waals surface area contributed by atoms with Crippen molar-refractivity contribution in [1.29, 1.82) is 5.26 Å². The quantitative estimate of drug-likeness (QED) is 0.734. The predicted molar refractivity (Wildman–Crippen MR) is 123 cm³/mol. The minimum Gasteiger partial charge on any atom is -0.485 e. The zero-order valence-electron chi connectivity index (χ0n) is 19.4. The maximum Gasteiger partial charge on any atom is 0.256 e. The van der Waals surface area contributed by atoms with Crippen LogP contribution in [-0.4, -0.2) is 30.4 Å². The summed E-state index contributed by atoms with van der Waals surface area (Å²) < 4.78 is 13.5. The number of nitriles is 1. The van der Waals surface area contributed by atoms with Gasteiger partial charge in [0.15, 0.2) is 9.04 Å². The summed E-state index contributed by atoms with van der Waals surface area (Å²) in [7, 11) is -1.34. The minimum atomic E-state index is -1.34. The van der Waals surface area contributed by atoms with E-state index in [1.807, 2.05) is 6.07 Å². The summed E-state index contributed by atoms with van der Waals surface area (Å²) in [5.41, 5.74) is 1.32. The molecule has 1 aromatic carbocycles. The van der Waals surface area contributed by atoms with E-state index in [4.69, 9.17) is 9.16 Å². The van der Waals surface area contributed by atoms with E-state index < -0.39 is 26.8 Å². The van der Waals surface area contributed by atoms with Gasteiger partial charge in [0.05, 0.1) is 24.3 Å². The maximum atomic E-state index is 13.8. The standard InChI is InChI=1S/C24H32N2O4Si/c1-23(2,3)18-10-11-26(22(28)17(18)14-29-31(6)7)20-16-12-15(13-25)8-9-19(16)30-24(4,5)21(20)27/h8-12,20-21,27,31H,14H2,1-7H3/t20-,21+/m0/s1. The zero-order valence-corrected chi connectivity index (χ0v) is 20.5. The van der Waals surface area contributed by atoms with Gasteiger partial charge in [-0.05, 0) is 62.2 Å². The van der Waals surface area contributed by atoms with Crippen LogP contribution in [0.2, 0.25) is 13.1 Å². The third-order valence-corrected chi connectivity index (χ3v) is 6.56. The van der Waals surface area contributed by atoms with Crippen molar-refractivity contribution in [2.24, 2.45) is 0 Å². The first-order valence-electron chi connectivity index (χ1n) is 10.6. The monoisotopic (exact) mass is 440 g/mol. The Morgan fingerprint density at radius 2 is 1.97 bits per heavy atom. The fraction of sp³-hybridized carbons (Fsp3) is 0.500. The van der Waals surface area contributed by atoms with Crippen LogP contribution in [0.25, 0.3) is 0 Å². The summed E-state index contributed by atoms with van der Waals surface area (Å²) in [6.45, 7) is 14.2. The van der Waals surface area contributed by atoms with Gasteiger partial charge in [0.2, 0.25) is 0 Å². The number of hydrogen-bond acceptors (Lipinski definition) is 5. The van der Waals surface area contributed by atoms with E-state index in [2.05, 4.69) is 39.9 Å². The van der Waals surface area contributed by atoms with Crippen LogP contribution in [0.3, 0.4) is 0 Å². The molecule has 0 radical (unpaired) electrons. The second-order valence-electron chi connectivity index (χ2n) is 9.99. The van der Waals surface area contributed by atoms with Crippen molar-refractivity contribution < 1.29 is 14.3 Å². The van der Waals surface area contributed by atoms with Gasteiger partial charge < -0.3 is 18.8 Å². The van der Waals surface area contributed by atoms with Crippen molar-refractivity contribution in [3.05, 3.63) is 63.1 Å². The first-order valence-corrected chi connectivity index (χ1v) is 13.4. The summed E-state index contributed by atoms with van der Waals surface area (Å²) in [6, 6.07) is 8.51. The van der Waals surface area contributed by atoms with Crippen molar-refractivity contribution in [1.82, 2.24) is 4.57 Å². The van der Waals surface area contributed by atoms with Gasteiger partial charge in [-0.1, -0.05) is 20.8 Å². The van der Waals surface area contributed by atoms with Crippen LogP contribution >= 0.6 is 0 Å². The molecule has 0 amide bonds. The van der Waals surface area contributed by atoms with Crippen LogP contribution in [0, 0.1) is 11.3 Å². The number of hydrogen-bond donors (Lipinski definition) is 1. The largest absolute Gasteiger partial charge is 0.485 e. The highest BCUT2D eigenvalue weighted by Crippen LogP contribution is 2.42. The molecule has 0 fully saturated rings. The van der Waals surface area contributed by atoms with Crippen LogP contribution < -0.4 is 10.3 Å². The number of nitrogens with zero attached hydrogens (tertiary/aromatic N) is 2. The summed E-state index contributed by atoms with van der Waals surface area (Å²) in [5.74, 6) is 0.568. The molecule has 2 atom stereocenters. The van der Waals surface area contributed by atoms with Crippen molar-refractivity contribution in [3.8, 4) is 11.8 Å². The molecule has 1 N–H and O–H groups in total. The van der Waals surface area contributed by atoms with Crippen molar-refractivity contribution in [3.63, 3.8) is 0 Å². The Balaban J connectivity index is 2.25. The molecule has 31 heavy (non-hydrogen) atoms. The summed E-state index contributed by atoms with van der Waals surface area (Å²) in [4.78, 5) is 13.8. The second-order valence-corrected chi connectivity index (χ2v) is 12.4. The number of rotatable bonds is 4. The Morgan fingerprint density at radius 1 is 1.29 bits per heavy atom. The lowest BCUT2D eigenvalue weighted by molar-refractivity contribution is -0.0643. The molecule has 0 saturated carbocycles. The SMILES string of the molecule is C[SiH](C)OCc1c(C(C)(C)C)ccn([C@H]2c3cc(C#N)ccc3OC(C)(C)[C@@H]2O)c1=O. The first kappa shape index (κ1) is 23.3. The number of ether oxygens (including phenoxy) is 1. The predicted octanol–water partition coefficient (Wildman–Crippen LogP) is 3.64. The van der Waals surface area contributed by atoms with Crippen molar-refractivity contribution in [2.45, 2.75) is 77.5 Å². The number of pyridine rings is 1. The Hall–Kier alpha value is -2.40. The second kappa shape index (κ2) is 8.27. The van der Waals surface area contributed by atoms with Crippen molar-refractivity contribution >= 4 is 9.04 Å². The molecule has 1 aliphatic heterocycles. The Morgan fingerprint density at radius 3 is 2.55 bits per heavy atom. The van der Waals surface area contributed by atoms with Gasteiger partial charge in [-0.15, -0.1) is 0 Å². The fourth-order valence-corrected chi connectivity index (χ4v) is 4.54. The molecule has 7 heteroatoms. The van der Waals surface area contributed by atoms with E-state index in [9.17, 15) is 15.2 Å². The lowest BCUT2D eigenvalue weighted by atomic mass is 9.83. The molecule has 6 nitrogen and oxygen atoms in total. The third-order valence-electron chi connectivity index (χ3n) is 5.73. The lowest BCUT2D eigenvalue weighted by Crippen LogP contribution is -2.52. The molecule has 1 aliphatic rings. The number of fused-ring (bicyclic) bond motifs is 1. The number of aliphatic hydroxyl groups excluding tert-OH is 1. The van der Waals surface area contributed by atoms with Gasteiger partial charge >= 0.3 is 0 Å². The van der Waals surface area contributed by atoms with E-state index in [1.165, 1.54) is 0 Å². The van der Waals surface area contributed by atoms with E-state index in [0.29, 0.717) is 22.4 Å². The molecule has 1 aromatic heterocycles. The number of aliphatic hydroxyl groups is 1. The molecule has 0 unspecified atom stereocenters. The molecule has 166 valence electrons. The van der Waals surface area contributed by atoms with E-state index >= 15 is 0 Å². The highest BCUT2D eigenvalue weighted by atomic mass is 28.3. The smallest absolute Gasteiger partial charge is 0.256 e. The first-order chi connectivity index (χ1) is 14.4. The van der Waals surface area contributed by atoms with Gasteiger partial charge in [0.25, 0.3) is 5.56 Å². The van der Waals surface area contributed by atoms with Gasteiger partial charge in [0, 0.05) is 17.3 Å². The van der Waals surface area contributed by atoms with Crippen molar-refractivity contribution in [2.75, 3.05) is 0 Å². The zero-order chi connectivity index (χ0) is 23.1. The highest BCUT2D eigenvalue weighted by Gasteiger charge is 2.44. The Kier molecular flexibility index (Phi) is 6.20. The number of aromatic nitrogens is 1. The molecule has 0 bridgehead atoms. The van der Waals surface area contributed by atoms with E-state index in [0.717, 1.165) is 5.56 Å². The van der Waals surface area contributed by atoms with Gasteiger partial charge in [0.1, 0.15) is 17.5 Å². The third kappa shape index (κ3) is 4.47. The molecular formula is C24H32N2O4Si.